The number of hydrogen-bond acceptors (Lipinski definition) is 3. The summed E-state index contributed by atoms with van der Waals surface area (Å²) in [6.45, 7) is 0.480. The summed E-state index contributed by atoms with van der Waals surface area (Å²) in [6, 6.07) is 4.34. The summed E-state index contributed by atoms with van der Waals surface area (Å²) in [5.74, 6) is -0.460. The molecule has 0 saturated heterocycles. The van der Waals surface area contributed by atoms with Crippen molar-refractivity contribution >= 4 is 23.2 Å². The summed E-state index contributed by atoms with van der Waals surface area (Å²) in [5, 5.41) is 13.6. The smallest absolute Gasteiger partial charge is 0.300 e. The molecule has 0 aromatic heterocycles. The molecule has 20 heavy (non-hydrogen) atoms. The second-order valence-electron chi connectivity index (χ2n) is 4.65. The molecule has 0 spiro atoms. The van der Waals surface area contributed by atoms with Crippen LogP contribution in [0.5, 0.6) is 0 Å². The molecule has 5 nitrogen and oxygen atoms in total. The number of allylic oxidation sites excluding steroid dienone is 1. The van der Waals surface area contributed by atoms with Crippen LogP contribution in [0.2, 0.25) is 5.02 Å². The van der Waals surface area contributed by atoms with Gasteiger partial charge in [-0.15, -0.1) is 0 Å². The van der Waals surface area contributed by atoms with Crippen molar-refractivity contribution in [1.29, 1.82) is 0 Å². The lowest BCUT2D eigenvalue weighted by atomic mass is 10.1. The van der Waals surface area contributed by atoms with Gasteiger partial charge in [-0.2, -0.15) is 0 Å². The number of hydrogen-bond donors (Lipinski definition) is 1. The molecule has 6 heteroatoms. The first-order valence-electron chi connectivity index (χ1n) is 6.48. The maximum Gasteiger partial charge on any atom is 0.300 e. The molecule has 0 aliphatic heterocycles. The second kappa shape index (κ2) is 6.52. The van der Waals surface area contributed by atoms with E-state index in [9.17, 15) is 14.9 Å². The van der Waals surface area contributed by atoms with Gasteiger partial charge >= 0.3 is 5.69 Å². The van der Waals surface area contributed by atoms with Crippen LogP contribution in [0.25, 0.3) is 0 Å². The van der Waals surface area contributed by atoms with Crippen LogP contribution in [0, 0.1) is 10.1 Å². The van der Waals surface area contributed by atoms with Crippen LogP contribution in [0.4, 0.5) is 5.69 Å². The summed E-state index contributed by atoms with van der Waals surface area (Å²) in [6.07, 6.45) is 6.33. The van der Waals surface area contributed by atoms with Gasteiger partial charge in [0.25, 0.3) is 5.91 Å². The van der Waals surface area contributed by atoms with E-state index in [1.165, 1.54) is 30.2 Å². The first kappa shape index (κ1) is 14.5. The van der Waals surface area contributed by atoms with Crippen molar-refractivity contribution in [2.24, 2.45) is 0 Å². The van der Waals surface area contributed by atoms with Crippen LogP contribution >= 0.6 is 11.6 Å². The minimum absolute atomic E-state index is 0.00269. The largest absolute Gasteiger partial charge is 0.351 e. The van der Waals surface area contributed by atoms with Gasteiger partial charge < -0.3 is 5.32 Å². The van der Waals surface area contributed by atoms with Crippen LogP contribution in [0.3, 0.4) is 0 Å². The molecule has 0 bridgehead atoms. The van der Waals surface area contributed by atoms with Crippen LogP contribution in [-0.2, 0) is 0 Å². The van der Waals surface area contributed by atoms with E-state index in [1.807, 2.05) is 0 Å². The Labute approximate surface area is 121 Å². The van der Waals surface area contributed by atoms with Gasteiger partial charge in [-0.3, -0.25) is 14.9 Å². The standard InChI is InChI=1S/C14H15ClN2O3/c15-12-7-3-6-11(13(12)17(19)20)14(18)16-9-8-10-4-1-2-5-10/h3-4,6-7H,1-2,5,8-9H2,(H,16,18). The van der Waals surface area contributed by atoms with E-state index in [0.717, 1.165) is 19.3 Å². The predicted molar refractivity (Wildman–Crippen MR) is 77.0 cm³/mol. The highest BCUT2D eigenvalue weighted by Crippen LogP contribution is 2.28. The Morgan fingerprint density at radius 3 is 2.90 bits per heavy atom. The lowest BCUT2D eigenvalue weighted by molar-refractivity contribution is -0.385. The zero-order chi connectivity index (χ0) is 14.5. The van der Waals surface area contributed by atoms with E-state index in [4.69, 9.17) is 11.6 Å². The van der Waals surface area contributed by atoms with Crippen LogP contribution in [0.1, 0.15) is 36.0 Å². The lowest BCUT2D eigenvalue weighted by Gasteiger charge is -2.07. The average molecular weight is 295 g/mol. The SMILES string of the molecule is O=C(NCCC1=CCCC1)c1cccc(Cl)c1[N+](=O)[O-]. The van der Waals surface area contributed by atoms with E-state index in [1.54, 1.807) is 0 Å². The number of carbonyl (C=O) groups excluding carboxylic acids is 1. The molecule has 1 aromatic carbocycles. The van der Waals surface area contributed by atoms with E-state index in [0.29, 0.717) is 6.54 Å². The first-order valence-corrected chi connectivity index (χ1v) is 6.86. The number of carbonyl (C=O) groups is 1. The molecule has 1 amide bonds. The number of nitro groups is 1. The zero-order valence-electron chi connectivity index (χ0n) is 10.9. The molecule has 1 aliphatic carbocycles. The van der Waals surface area contributed by atoms with Crippen molar-refractivity contribution < 1.29 is 9.72 Å². The van der Waals surface area contributed by atoms with Gasteiger partial charge in [0.15, 0.2) is 0 Å². The molecule has 0 heterocycles. The number of nitro benzene ring substituents is 1. The van der Waals surface area contributed by atoms with Gasteiger partial charge in [-0.1, -0.05) is 29.3 Å². The highest BCUT2D eigenvalue weighted by Gasteiger charge is 2.23. The average Bonchev–Trinajstić information content (AvgIpc) is 2.91. The Morgan fingerprint density at radius 2 is 2.25 bits per heavy atom. The fraction of sp³-hybridized carbons (Fsp3) is 0.357. The highest BCUT2D eigenvalue weighted by atomic mass is 35.5. The normalized spacial score (nSPS) is 13.9. The molecule has 0 radical (unpaired) electrons. The number of rotatable bonds is 5. The number of halogens is 1. The van der Waals surface area contributed by atoms with Crippen molar-refractivity contribution in [3.05, 3.63) is 50.5 Å². The van der Waals surface area contributed by atoms with Crippen LogP contribution in [0.15, 0.2) is 29.8 Å². The van der Waals surface area contributed by atoms with E-state index >= 15 is 0 Å². The lowest BCUT2D eigenvalue weighted by Crippen LogP contribution is -2.25. The molecule has 2 rings (SSSR count). The van der Waals surface area contributed by atoms with E-state index in [-0.39, 0.29) is 16.3 Å². The summed E-state index contributed by atoms with van der Waals surface area (Å²) < 4.78 is 0. The number of benzene rings is 1. The molecule has 1 aromatic rings. The molecule has 0 unspecified atom stereocenters. The number of para-hydroxylation sites is 1. The zero-order valence-corrected chi connectivity index (χ0v) is 11.7. The first-order chi connectivity index (χ1) is 9.59. The predicted octanol–water partition coefficient (Wildman–Crippen LogP) is 3.48. The Kier molecular flexibility index (Phi) is 4.74. The molecule has 0 saturated carbocycles. The quantitative estimate of drug-likeness (QED) is 0.513. The van der Waals surface area contributed by atoms with Crippen molar-refractivity contribution in [3.63, 3.8) is 0 Å². The number of nitrogens with zero attached hydrogens (tertiary/aromatic N) is 1. The Balaban J connectivity index is 2.02. The van der Waals surface area contributed by atoms with Crippen molar-refractivity contribution in [2.45, 2.75) is 25.7 Å². The number of nitrogens with one attached hydrogen (secondary N) is 1. The minimum atomic E-state index is -0.628. The molecule has 0 atom stereocenters. The monoisotopic (exact) mass is 294 g/mol. The molecule has 1 aliphatic rings. The third kappa shape index (κ3) is 3.36. The summed E-state index contributed by atoms with van der Waals surface area (Å²) >= 11 is 5.78. The van der Waals surface area contributed by atoms with E-state index in [2.05, 4.69) is 11.4 Å². The van der Waals surface area contributed by atoms with Gasteiger partial charge in [0.1, 0.15) is 10.6 Å². The third-order valence-corrected chi connectivity index (χ3v) is 3.59. The maximum absolute atomic E-state index is 12.0. The third-order valence-electron chi connectivity index (χ3n) is 3.28. The van der Waals surface area contributed by atoms with Crippen molar-refractivity contribution in [3.8, 4) is 0 Å². The van der Waals surface area contributed by atoms with E-state index < -0.39 is 10.8 Å². The molecular weight excluding hydrogens is 280 g/mol. The van der Waals surface area contributed by atoms with Gasteiger partial charge in [0.2, 0.25) is 0 Å². The molecular formula is C14H15ClN2O3. The fourth-order valence-corrected chi connectivity index (χ4v) is 2.52. The van der Waals surface area contributed by atoms with Gasteiger partial charge in [0, 0.05) is 6.54 Å². The summed E-state index contributed by atoms with van der Waals surface area (Å²) in [4.78, 5) is 22.3. The molecule has 1 N–H and O–H groups in total. The van der Waals surface area contributed by atoms with Crippen molar-refractivity contribution in [2.75, 3.05) is 6.54 Å². The van der Waals surface area contributed by atoms with Gasteiger partial charge in [-0.05, 0) is 37.8 Å². The fourth-order valence-electron chi connectivity index (χ4n) is 2.28. The van der Waals surface area contributed by atoms with Crippen LogP contribution in [-0.4, -0.2) is 17.4 Å². The van der Waals surface area contributed by atoms with Crippen molar-refractivity contribution in [1.82, 2.24) is 5.32 Å². The van der Waals surface area contributed by atoms with Gasteiger partial charge in [-0.25, -0.2) is 0 Å². The molecule has 106 valence electrons. The minimum Gasteiger partial charge on any atom is -0.351 e. The highest BCUT2D eigenvalue weighted by molar-refractivity contribution is 6.33. The topological polar surface area (TPSA) is 72.2 Å². The number of amides is 1. The molecule has 0 fully saturated rings. The second-order valence-corrected chi connectivity index (χ2v) is 5.06. The van der Waals surface area contributed by atoms with Gasteiger partial charge in [0.05, 0.1) is 4.92 Å². The Hall–Kier alpha value is -1.88. The maximum atomic E-state index is 12.0. The summed E-state index contributed by atoms with van der Waals surface area (Å²) in [5.41, 5.74) is 1.00. The summed E-state index contributed by atoms with van der Waals surface area (Å²) in [7, 11) is 0. The Bertz CT molecular complexity index is 570. The Morgan fingerprint density at radius 1 is 1.45 bits per heavy atom. The van der Waals surface area contributed by atoms with Crippen LogP contribution < -0.4 is 5.32 Å².